The van der Waals surface area contributed by atoms with Crippen molar-refractivity contribution in [1.82, 2.24) is 5.32 Å². The van der Waals surface area contributed by atoms with Crippen LogP contribution >= 0.6 is 0 Å². The summed E-state index contributed by atoms with van der Waals surface area (Å²) < 4.78 is 0. The Morgan fingerprint density at radius 2 is 2.18 bits per heavy atom. The predicted octanol–water partition coefficient (Wildman–Crippen LogP) is -0.178. The van der Waals surface area contributed by atoms with E-state index in [9.17, 15) is 4.79 Å². The fraction of sp³-hybridized carbons (Fsp3) is 0.333. The molecule has 1 fully saturated rings. The van der Waals surface area contributed by atoms with Gasteiger partial charge in [0, 0.05) is 25.3 Å². The molecular formula is C12H14N4O. The summed E-state index contributed by atoms with van der Waals surface area (Å²) in [7, 11) is 0. The highest BCUT2D eigenvalue weighted by molar-refractivity contribution is 5.86. The number of nitrogens with one attached hydrogen (secondary N) is 1. The van der Waals surface area contributed by atoms with Crippen LogP contribution in [0.3, 0.4) is 0 Å². The number of rotatable bonds is 2. The predicted molar refractivity (Wildman–Crippen MR) is 64.4 cm³/mol. The number of amides is 1. The van der Waals surface area contributed by atoms with Crippen LogP contribution in [0.25, 0.3) is 0 Å². The van der Waals surface area contributed by atoms with Gasteiger partial charge >= 0.3 is 0 Å². The van der Waals surface area contributed by atoms with Crippen molar-refractivity contribution >= 4 is 11.6 Å². The Morgan fingerprint density at radius 3 is 2.76 bits per heavy atom. The lowest BCUT2D eigenvalue weighted by molar-refractivity contribution is -0.123. The van der Waals surface area contributed by atoms with Crippen molar-refractivity contribution < 1.29 is 4.79 Å². The van der Waals surface area contributed by atoms with E-state index in [4.69, 9.17) is 11.0 Å². The first-order chi connectivity index (χ1) is 8.26. The van der Waals surface area contributed by atoms with Gasteiger partial charge in [0.15, 0.2) is 0 Å². The van der Waals surface area contributed by atoms with Crippen molar-refractivity contribution in [2.24, 2.45) is 5.73 Å². The maximum Gasteiger partial charge on any atom is 0.244 e. The van der Waals surface area contributed by atoms with Gasteiger partial charge in [-0.1, -0.05) is 0 Å². The highest BCUT2D eigenvalue weighted by Gasteiger charge is 2.28. The third-order valence-corrected chi connectivity index (χ3v) is 2.88. The summed E-state index contributed by atoms with van der Waals surface area (Å²) in [5.74, 6) is -0.0388. The van der Waals surface area contributed by atoms with E-state index < -0.39 is 0 Å². The standard InChI is InChI=1S/C12H14N4O/c13-7-9-1-3-10(4-2-9)16-6-5-15-12(17)11(16)8-14/h1-4,11H,5-6,8,14H2,(H,15,17). The van der Waals surface area contributed by atoms with Gasteiger partial charge in [-0.3, -0.25) is 4.79 Å². The van der Waals surface area contributed by atoms with Crippen molar-refractivity contribution in [1.29, 1.82) is 5.26 Å². The van der Waals surface area contributed by atoms with E-state index >= 15 is 0 Å². The van der Waals surface area contributed by atoms with Crippen molar-refractivity contribution in [2.45, 2.75) is 6.04 Å². The van der Waals surface area contributed by atoms with E-state index in [-0.39, 0.29) is 18.5 Å². The van der Waals surface area contributed by atoms with Crippen LogP contribution in [0, 0.1) is 11.3 Å². The zero-order chi connectivity index (χ0) is 12.3. The molecule has 1 aromatic rings. The van der Waals surface area contributed by atoms with Gasteiger partial charge in [-0.2, -0.15) is 5.26 Å². The number of benzene rings is 1. The molecule has 1 aromatic carbocycles. The minimum absolute atomic E-state index is 0.0388. The lowest BCUT2D eigenvalue weighted by Crippen LogP contribution is -2.58. The second-order valence-corrected chi connectivity index (χ2v) is 3.89. The van der Waals surface area contributed by atoms with Crippen molar-refractivity contribution in [3.8, 4) is 6.07 Å². The van der Waals surface area contributed by atoms with E-state index in [1.165, 1.54) is 0 Å². The topological polar surface area (TPSA) is 82.2 Å². The molecule has 1 saturated heterocycles. The number of nitrogens with two attached hydrogens (primary N) is 1. The average molecular weight is 230 g/mol. The van der Waals surface area contributed by atoms with Crippen LogP contribution in [0.4, 0.5) is 5.69 Å². The normalized spacial score (nSPS) is 19.6. The van der Waals surface area contributed by atoms with E-state index in [0.717, 1.165) is 12.2 Å². The van der Waals surface area contributed by atoms with E-state index in [0.29, 0.717) is 12.1 Å². The van der Waals surface area contributed by atoms with Gasteiger partial charge in [0.2, 0.25) is 5.91 Å². The molecule has 1 aliphatic heterocycles. The fourth-order valence-corrected chi connectivity index (χ4v) is 1.99. The molecule has 2 rings (SSSR count). The van der Waals surface area contributed by atoms with E-state index in [1.807, 2.05) is 17.0 Å². The van der Waals surface area contributed by atoms with Gasteiger partial charge in [-0.25, -0.2) is 0 Å². The Morgan fingerprint density at radius 1 is 1.47 bits per heavy atom. The van der Waals surface area contributed by atoms with Crippen LogP contribution < -0.4 is 16.0 Å². The Balaban J connectivity index is 2.25. The molecule has 0 aromatic heterocycles. The third-order valence-electron chi connectivity index (χ3n) is 2.88. The molecule has 5 nitrogen and oxygen atoms in total. The number of carbonyl (C=O) groups excluding carboxylic acids is 1. The summed E-state index contributed by atoms with van der Waals surface area (Å²) in [4.78, 5) is 13.6. The van der Waals surface area contributed by atoms with Gasteiger partial charge in [0.25, 0.3) is 0 Å². The Labute approximate surface area is 99.8 Å². The summed E-state index contributed by atoms with van der Waals surface area (Å²) in [5.41, 5.74) is 7.16. The Kier molecular flexibility index (Phi) is 3.26. The number of hydrogen-bond donors (Lipinski definition) is 2. The molecule has 1 unspecified atom stereocenters. The molecule has 0 spiro atoms. The van der Waals surface area contributed by atoms with E-state index in [2.05, 4.69) is 11.4 Å². The average Bonchev–Trinajstić information content (AvgIpc) is 2.38. The Bertz CT molecular complexity index is 449. The third kappa shape index (κ3) is 2.22. The lowest BCUT2D eigenvalue weighted by Gasteiger charge is -2.36. The van der Waals surface area contributed by atoms with Crippen molar-refractivity contribution in [3.63, 3.8) is 0 Å². The number of piperazine rings is 1. The first-order valence-corrected chi connectivity index (χ1v) is 5.51. The molecule has 0 aliphatic carbocycles. The quantitative estimate of drug-likeness (QED) is 0.738. The van der Waals surface area contributed by atoms with Gasteiger partial charge < -0.3 is 16.0 Å². The molecule has 0 radical (unpaired) electrons. The molecule has 17 heavy (non-hydrogen) atoms. The molecule has 88 valence electrons. The number of anilines is 1. The zero-order valence-electron chi connectivity index (χ0n) is 9.39. The number of nitriles is 1. The molecule has 1 atom stereocenters. The lowest BCUT2D eigenvalue weighted by atomic mass is 10.1. The highest BCUT2D eigenvalue weighted by Crippen LogP contribution is 2.18. The number of carbonyl (C=O) groups is 1. The second-order valence-electron chi connectivity index (χ2n) is 3.89. The second kappa shape index (κ2) is 4.85. The molecular weight excluding hydrogens is 216 g/mol. The van der Waals surface area contributed by atoms with Crippen LogP contribution in [0.1, 0.15) is 5.56 Å². The monoisotopic (exact) mass is 230 g/mol. The minimum Gasteiger partial charge on any atom is -0.357 e. The van der Waals surface area contributed by atoms with Gasteiger partial charge in [-0.05, 0) is 24.3 Å². The smallest absolute Gasteiger partial charge is 0.244 e. The van der Waals surface area contributed by atoms with Crippen LogP contribution in [-0.2, 0) is 4.79 Å². The van der Waals surface area contributed by atoms with Crippen molar-refractivity contribution in [3.05, 3.63) is 29.8 Å². The molecule has 0 saturated carbocycles. The molecule has 0 bridgehead atoms. The fourth-order valence-electron chi connectivity index (χ4n) is 1.99. The van der Waals surface area contributed by atoms with Crippen LogP contribution in [0.2, 0.25) is 0 Å². The maximum absolute atomic E-state index is 11.6. The summed E-state index contributed by atoms with van der Waals surface area (Å²) in [5, 5.41) is 11.5. The molecule has 5 heteroatoms. The first kappa shape index (κ1) is 11.4. The van der Waals surface area contributed by atoms with E-state index in [1.54, 1.807) is 12.1 Å². The number of hydrogen-bond acceptors (Lipinski definition) is 4. The largest absolute Gasteiger partial charge is 0.357 e. The highest BCUT2D eigenvalue weighted by atomic mass is 16.2. The maximum atomic E-state index is 11.6. The zero-order valence-corrected chi connectivity index (χ0v) is 9.39. The SMILES string of the molecule is N#Cc1ccc(N2CCNC(=O)C2CN)cc1. The van der Waals surface area contributed by atoms with Gasteiger partial charge in [0.1, 0.15) is 6.04 Å². The summed E-state index contributed by atoms with van der Waals surface area (Å²) >= 11 is 0. The molecule has 1 amide bonds. The van der Waals surface area contributed by atoms with Gasteiger partial charge in [-0.15, -0.1) is 0 Å². The summed E-state index contributed by atoms with van der Waals surface area (Å²) in [6, 6.07) is 8.93. The van der Waals surface area contributed by atoms with Crippen LogP contribution in [0.15, 0.2) is 24.3 Å². The van der Waals surface area contributed by atoms with Crippen LogP contribution in [0.5, 0.6) is 0 Å². The first-order valence-electron chi connectivity index (χ1n) is 5.51. The van der Waals surface area contributed by atoms with Crippen molar-refractivity contribution in [2.75, 3.05) is 24.5 Å². The Hall–Kier alpha value is -2.06. The number of nitrogens with zero attached hydrogens (tertiary/aromatic N) is 2. The molecule has 3 N–H and O–H groups in total. The molecule has 1 heterocycles. The van der Waals surface area contributed by atoms with Gasteiger partial charge in [0.05, 0.1) is 11.6 Å². The van der Waals surface area contributed by atoms with Crippen LogP contribution in [-0.4, -0.2) is 31.6 Å². The summed E-state index contributed by atoms with van der Waals surface area (Å²) in [6.07, 6.45) is 0. The molecule has 1 aliphatic rings. The minimum atomic E-state index is -0.323. The summed E-state index contributed by atoms with van der Waals surface area (Å²) in [6.45, 7) is 1.64.